The summed E-state index contributed by atoms with van der Waals surface area (Å²) in [4.78, 5) is 22.4. The van der Waals surface area contributed by atoms with Crippen molar-refractivity contribution in [3.05, 3.63) is 77.8 Å². The lowest BCUT2D eigenvalue weighted by atomic mass is 9.84. The summed E-state index contributed by atoms with van der Waals surface area (Å²) >= 11 is 0. The number of nitrogens with two attached hydrogens (primary N) is 1. The van der Waals surface area contributed by atoms with E-state index < -0.39 is 33.9 Å². The predicted octanol–water partition coefficient (Wildman–Crippen LogP) is 4.80. The number of benzene rings is 2. The maximum Gasteiger partial charge on any atom is 0.320 e. The first-order valence-electron chi connectivity index (χ1n) is 13.3. The van der Waals surface area contributed by atoms with Gasteiger partial charge in [0.25, 0.3) is 0 Å². The van der Waals surface area contributed by atoms with E-state index >= 15 is 0 Å². The normalized spacial score (nSPS) is 15.4. The molecule has 1 aliphatic rings. The Kier molecular flexibility index (Phi) is 9.17. The molecule has 0 bridgehead atoms. The van der Waals surface area contributed by atoms with E-state index in [-0.39, 0.29) is 11.6 Å². The van der Waals surface area contributed by atoms with E-state index in [9.17, 15) is 17.8 Å². The van der Waals surface area contributed by atoms with Gasteiger partial charge in [-0.3, -0.25) is 4.21 Å². The van der Waals surface area contributed by atoms with Crippen molar-refractivity contribution in [1.29, 1.82) is 0 Å². The van der Waals surface area contributed by atoms with E-state index in [1.807, 2.05) is 55.7 Å². The Morgan fingerprint density at radius 1 is 1.13 bits per heavy atom. The zero-order chi connectivity index (χ0) is 28.2. The third-order valence-corrected chi connectivity index (χ3v) is 8.16. The molecule has 39 heavy (non-hydrogen) atoms. The van der Waals surface area contributed by atoms with Crippen LogP contribution >= 0.6 is 0 Å². The molecule has 210 valence electrons. The Balaban J connectivity index is 1.84. The topological polar surface area (TPSA) is 84.5 Å². The van der Waals surface area contributed by atoms with Crippen LogP contribution in [0.25, 0.3) is 11.3 Å². The third-order valence-electron chi connectivity index (χ3n) is 6.88. The molecule has 2 aromatic carbocycles. The van der Waals surface area contributed by atoms with Crippen LogP contribution in [-0.2, 0) is 17.3 Å². The number of nitrogens with zero attached hydrogens (tertiary/aromatic N) is 4. The molecule has 2 N–H and O–H groups in total. The third kappa shape index (κ3) is 6.91. The summed E-state index contributed by atoms with van der Waals surface area (Å²) < 4.78 is 42.9. The van der Waals surface area contributed by atoms with Crippen LogP contribution in [0, 0.1) is 17.0 Å². The second kappa shape index (κ2) is 12.4. The fourth-order valence-corrected chi connectivity index (χ4v) is 6.03. The number of imidazole rings is 1. The standard InChI is InChI=1S/C29H37F2N5O2S/c1-29(2,3)26(36(13-7-12-32)28(37)34-14-16-39(38)17-15-34)27-33-25(23-18-22(30)10-11-24(23)31)20-35(27)19-21-8-5-4-6-9-21/h4-6,8-11,18,20,26H,7,12-17,19,32H2,1-3H3/t26-/m0/s1. The molecule has 1 atom stereocenters. The van der Waals surface area contributed by atoms with E-state index in [1.165, 1.54) is 0 Å². The highest BCUT2D eigenvalue weighted by Crippen LogP contribution is 2.40. The molecule has 1 aliphatic heterocycles. The molecule has 7 nitrogen and oxygen atoms in total. The number of aromatic nitrogens is 2. The van der Waals surface area contributed by atoms with E-state index in [0.717, 1.165) is 23.8 Å². The van der Waals surface area contributed by atoms with Crippen LogP contribution in [0.3, 0.4) is 0 Å². The lowest BCUT2D eigenvalue weighted by Gasteiger charge is -2.42. The smallest absolute Gasteiger partial charge is 0.320 e. The zero-order valence-electron chi connectivity index (χ0n) is 22.8. The summed E-state index contributed by atoms with van der Waals surface area (Å²) in [7, 11) is -0.923. The van der Waals surface area contributed by atoms with Gasteiger partial charge in [0.2, 0.25) is 0 Å². The van der Waals surface area contributed by atoms with Gasteiger partial charge in [0.05, 0.1) is 11.7 Å². The summed E-state index contributed by atoms with van der Waals surface area (Å²) in [5, 5.41) is 0. The minimum Gasteiger partial charge on any atom is -0.330 e. The van der Waals surface area contributed by atoms with Crippen molar-refractivity contribution >= 4 is 16.8 Å². The number of hydrogen-bond acceptors (Lipinski definition) is 4. The van der Waals surface area contributed by atoms with Crippen LogP contribution < -0.4 is 5.73 Å². The number of urea groups is 1. The van der Waals surface area contributed by atoms with Gasteiger partial charge in [-0.2, -0.15) is 0 Å². The summed E-state index contributed by atoms with van der Waals surface area (Å²) in [6, 6.07) is 12.5. The van der Waals surface area contributed by atoms with E-state index in [4.69, 9.17) is 10.7 Å². The molecule has 2 heterocycles. The summed E-state index contributed by atoms with van der Waals surface area (Å²) in [5.41, 5.74) is 6.77. The highest BCUT2D eigenvalue weighted by atomic mass is 32.2. The minimum absolute atomic E-state index is 0.0639. The van der Waals surface area contributed by atoms with Crippen LogP contribution in [0.2, 0.25) is 0 Å². The molecule has 1 saturated heterocycles. The fourth-order valence-electron chi connectivity index (χ4n) is 4.98. The minimum atomic E-state index is -0.923. The quantitative estimate of drug-likeness (QED) is 0.431. The molecule has 0 unspecified atom stereocenters. The van der Waals surface area contributed by atoms with Crippen molar-refractivity contribution < 1.29 is 17.8 Å². The van der Waals surface area contributed by atoms with Gasteiger partial charge in [0.1, 0.15) is 17.5 Å². The monoisotopic (exact) mass is 557 g/mol. The van der Waals surface area contributed by atoms with Gasteiger partial charge in [-0.15, -0.1) is 0 Å². The molecule has 0 spiro atoms. The molecule has 1 aromatic heterocycles. The van der Waals surface area contributed by atoms with Crippen molar-refractivity contribution in [3.63, 3.8) is 0 Å². The average Bonchev–Trinajstić information content (AvgIpc) is 3.30. The zero-order valence-corrected chi connectivity index (χ0v) is 23.6. The Hall–Kier alpha value is -3.11. The van der Waals surface area contributed by atoms with Gasteiger partial charge in [-0.25, -0.2) is 18.6 Å². The van der Waals surface area contributed by atoms with Crippen LogP contribution in [0.15, 0.2) is 54.7 Å². The molecule has 3 aromatic rings. The lowest BCUT2D eigenvalue weighted by Crippen LogP contribution is -2.52. The number of rotatable bonds is 8. The first kappa shape index (κ1) is 28.9. The molecule has 0 saturated carbocycles. The highest BCUT2D eigenvalue weighted by molar-refractivity contribution is 7.85. The largest absolute Gasteiger partial charge is 0.330 e. The fraction of sp³-hybridized carbons (Fsp3) is 0.448. The number of hydrogen-bond donors (Lipinski definition) is 1. The van der Waals surface area contributed by atoms with Crippen molar-refractivity contribution in [1.82, 2.24) is 19.4 Å². The molecule has 10 heteroatoms. The first-order valence-corrected chi connectivity index (χ1v) is 14.7. The molecule has 0 radical (unpaired) electrons. The summed E-state index contributed by atoms with van der Waals surface area (Å²) in [5.74, 6) is 0.345. The van der Waals surface area contributed by atoms with E-state index in [0.29, 0.717) is 62.2 Å². The van der Waals surface area contributed by atoms with Gasteiger partial charge >= 0.3 is 6.03 Å². The maximum absolute atomic E-state index is 14.9. The Bertz CT molecular complexity index is 1300. The second-order valence-electron chi connectivity index (χ2n) is 10.9. The van der Waals surface area contributed by atoms with Crippen LogP contribution in [0.4, 0.5) is 13.6 Å². The van der Waals surface area contributed by atoms with Crippen molar-refractivity contribution in [2.75, 3.05) is 37.7 Å². The van der Waals surface area contributed by atoms with Crippen LogP contribution in [0.5, 0.6) is 0 Å². The van der Waals surface area contributed by atoms with Crippen LogP contribution in [-0.4, -0.2) is 67.3 Å². The van der Waals surface area contributed by atoms with Crippen molar-refractivity contribution in [3.8, 4) is 11.3 Å². The molecule has 4 rings (SSSR count). The Morgan fingerprint density at radius 2 is 1.82 bits per heavy atom. The number of carbonyl (C=O) groups is 1. The predicted molar refractivity (Wildman–Crippen MR) is 151 cm³/mol. The molecule has 0 aliphatic carbocycles. The van der Waals surface area contributed by atoms with Gasteiger partial charge in [-0.1, -0.05) is 51.1 Å². The van der Waals surface area contributed by atoms with Crippen molar-refractivity contribution in [2.45, 2.75) is 39.8 Å². The van der Waals surface area contributed by atoms with Gasteiger partial charge < -0.3 is 20.1 Å². The molecule has 1 fully saturated rings. The lowest BCUT2D eigenvalue weighted by molar-refractivity contribution is 0.0850. The Labute approximate surface area is 231 Å². The maximum atomic E-state index is 14.9. The highest BCUT2D eigenvalue weighted by Gasteiger charge is 2.40. The van der Waals surface area contributed by atoms with Gasteiger partial charge in [0, 0.05) is 60.2 Å². The van der Waals surface area contributed by atoms with E-state index in [2.05, 4.69) is 0 Å². The Morgan fingerprint density at radius 3 is 2.46 bits per heavy atom. The SMILES string of the molecule is CC(C)(C)[C@H](c1nc(-c2cc(F)ccc2F)cn1Cc1ccccc1)N(CCCN)C(=O)N1CCS(=O)CC1. The number of amides is 2. The molecular formula is C29H37F2N5O2S. The summed E-state index contributed by atoms with van der Waals surface area (Å²) in [6.07, 6.45) is 2.32. The molecule has 2 amide bonds. The average molecular weight is 558 g/mol. The van der Waals surface area contributed by atoms with Crippen LogP contribution in [0.1, 0.15) is 44.6 Å². The van der Waals surface area contributed by atoms with E-state index in [1.54, 1.807) is 16.0 Å². The molecular weight excluding hydrogens is 520 g/mol. The summed E-state index contributed by atoms with van der Waals surface area (Å²) in [6.45, 7) is 8.19. The first-order chi connectivity index (χ1) is 18.6. The van der Waals surface area contributed by atoms with Gasteiger partial charge in [0.15, 0.2) is 0 Å². The number of halogens is 2. The van der Waals surface area contributed by atoms with Gasteiger partial charge in [-0.05, 0) is 42.1 Å². The number of carbonyl (C=O) groups excluding carboxylic acids is 1. The second-order valence-corrected chi connectivity index (χ2v) is 12.6. The van der Waals surface area contributed by atoms with Crippen molar-refractivity contribution in [2.24, 2.45) is 11.1 Å².